The standard InChI is InChI=1S/C12H16O2/c1-9-7-12(14-8-9)10-3-5-11(13-2)6-4-10/h3-6,9,12H,7-8H2,1-2H3/t9-,12+/m0/s1. The van der Waals surface area contributed by atoms with Crippen LogP contribution >= 0.6 is 0 Å². The van der Waals surface area contributed by atoms with E-state index in [1.54, 1.807) is 7.11 Å². The van der Waals surface area contributed by atoms with E-state index in [4.69, 9.17) is 9.47 Å². The van der Waals surface area contributed by atoms with Gasteiger partial charge in [0.05, 0.1) is 19.8 Å². The van der Waals surface area contributed by atoms with Gasteiger partial charge in [-0.25, -0.2) is 0 Å². The van der Waals surface area contributed by atoms with E-state index in [1.807, 2.05) is 12.1 Å². The summed E-state index contributed by atoms with van der Waals surface area (Å²) in [6.07, 6.45) is 1.42. The summed E-state index contributed by atoms with van der Waals surface area (Å²) in [6.45, 7) is 3.11. The van der Waals surface area contributed by atoms with E-state index in [0.717, 1.165) is 18.8 Å². The van der Waals surface area contributed by atoms with Gasteiger partial charge in [0.2, 0.25) is 0 Å². The second-order valence-electron chi connectivity index (χ2n) is 3.94. The molecule has 1 fully saturated rings. The third-order valence-electron chi connectivity index (χ3n) is 2.69. The van der Waals surface area contributed by atoms with E-state index in [2.05, 4.69) is 19.1 Å². The Kier molecular flexibility index (Phi) is 2.73. The molecule has 14 heavy (non-hydrogen) atoms. The summed E-state index contributed by atoms with van der Waals surface area (Å²) in [5, 5.41) is 0. The van der Waals surface area contributed by atoms with Crippen molar-refractivity contribution >= 4 is 0 Å². The Labute approximate surface area is 84.8 Å². The average molecular weight is 192 g/mol. The highest BCUT2D eigenvalue weighted by Gasteiger charge is 2.23. The van der Waals surface area contributed by atoms with E-state index in [0.29, 0.717) is 5.92 Å². The van der Waals surface area contributed by atoms with Crippen molar-refractivity contribution in [1.82, 2.24) is 0 Å². The molecule has 0 saturated carbocycles. The first-order chi connectivity index (χ1) is 6.79. The molecule has 0 amide bonds. The van der Waals surface area contributed by atoms with Crippen LogP contribution in [0.1, 0.15) is 25.0 Å². The number of rotatable bonds is 2. The predicted molar refractivity (Wildman–Crippen MR) is 55.5 cm³/mol. The van der Waals surface area contributed by atoms with Crippen LogP contribution in [-0.2, 0) is 4.74 Å². The van der Waals surface area contributed by atoms with E-state index < -0.39 is 0 Å². The third-order valence-corrected chi connectivity index (χ3v) is 2.69. The Balaban J connectivity index is 2.09. The molecular formula is C12H16O2. The highest BCUT2D eigenvalue weighted by atomic mass is 16.5. The monoisotopic (exact) mass is 192 g/mol. The zero-order chi connectivity index (χ0) is 9.97. The molecule has 0 unspecified atom stereocenters. The summed E-state index contributed by atoms with van der Waals surface area (Å²) in [6, 6.07) is 8.15. The molecule has 0 spiro atoms. The van der Waals surface area contributed by atoms with Crippen LogP contribution in [0, 0.1) is 5.92 Å². The zero-order valence-corrected chi connectivity index (χ0v) is 8.69. The first-order valence-electron chi connectivity index (χ1n) is 5.05. The van der Waals surface area contributed by atoms with Gasteiger partial charge in [-0.1, -0.05) is 19.1 Å². The van der Waals surface area contributed by atoms with Gasteiger partial charge < -0.3 is 9.47 Å². The molecule has 2 heteroatoms. The summed E-state index contributed by atoms with van der Waals surface area (Å²) in [5.41, 5.74) is 1.26. The molecule has 0 radical (unpaired) electrons. The van der Waals surface area contributed by atoms with Crippen molar-refractivity contribution in [1.29, 1.82) is 0 Å². The fourth-order valence-electron chi connectivity index (χ4n) is 1.83. The molecule has 1 heterocycles. The molecule has 1 aliphatic rings. The lowest BCUT2D eigenvalue weighted by Gasteiger charge is -2.09. The highest BCUT2D eigenvalue weighted by molar-refractivity contribution is 5.28. The van der Waals surface area contributed by atoms with Gasteiger partial charge in [-0.3, -0.25) is 0 Å². The van der Waals surface area contributed by atoms with Crippen LogP contribution in [0.25, 0.3) is 0 Å². The van der Waals surface area contributed by atoms with Crippen LogP contribution in [0.3, 0.4) is 0 Å². The van der Waals surface area contributed by atoms with Crippen molar-refractivity contribution in [3.63, 3.8) is 0 Å². The molecule has 2 rings (SSSR count). The minimum atomic E-state index is 0.288. The van der Waals surface area contributed by atoms with Gasteiger partial charge in [-0.15, -0.1) is 0 Å². The Morgan fingerprint density at radius 1 is 1.29 bits per heavy atom. The lowest BCUT2D eigenvalue weighted by Crippen LogP contribution is -1.95. The number of benzene rings is 1. The Morgan fingerprint density at radius 3 is 2.50 bits per heavy atom. The second-order valence-corrected chi connectivity index (χ2v) is 3.94. The maximum Gasteiger partial charge on any atom is 0.118 e. The Hall–Kier alpha value is -1.02. The summed E-state index contributed by atoms with van der Waals surface area (Å²) in [7, 11) is 1.68. The van der Waals surface area contributed by atoms with Crippen LogP contribution in [0.5, 0.6) is 5.75 Å². The Bertz CT molecular complexity index is 292. The molecule has 1 aliphatic heterocycles. The topological polar surface area (TPSA) is 18.5 Å². The van der Waals surface area contributed by atoms with Gasteiger partial charge in [-0.2, -0.15) is 0 Å². The van der Waals surface area contributed by atoms with Gasteiger partial charge in [0.25, 0.3) is 0 Å². The normalized spacial score (nSPS) is 26.4. The zero-order valence-electron chi connectivity index (χ0n) is 8.69. The molecule has 2 atom stereocenters. The summed E-state index contributed by atoms with van der Waals surface area (Å²) in [5.74, 6) is 1.59. The fraction of sp³-hybridized carbons (Fsp3) is 0.500. The van der Waals surface area contributed by atoms with Crippen LogP contribution in [0.15, 0.2) is 24.3 Å². The molecular weight excluding hydrogens is 176 g/mol. The molecule has 1 aromatic rings. The van der Waals surface area contributed by atoms with Gasteiger partial charge in [0, 0.05) is 0 Å². The summed E-state index contributed by atoms with van der Waals surface area (Å²) >= 11 is 0. The number of hydrogen-bond acceptors (Lipinski definition) is 2. The average Bonchev–Trinajstić information content (AvgIpc) is 2.65. The molecule has 76 valence electrons. The number of ether oxygens (including phenoxy) is 2. The lowest BCUT2D eigenvalue weighted by atomic mass is 10.0. The van der Waals surface area contributed by atoms with Crippen molar-refractivity contribution in [2.75, 3.05) is 13.7 Å². The smallest absolute Gasteiger partial charge is 0.118 e. The van der Waals surface area contributed by atoms with Crippen molar-refractivity contribution in [3.8, 4) is 5.75 Å². The molecule has 0 N–H and O–H groups in total. The maximum atomic E-state index is 5.68. The first kappa shape index (κ1) is 9.53. The summed E-state index contributed by atoms with van der Waals surface area (Å²) < 4.78 is 10.8. The summed E-state index contributed by atoms with van der Waals surface area (Å²) in [4.78, 5) is 0. The lowest BCUT2D eigenvalue weighted by molar-refractivity contribution is 0.108. The van der Waals surface area contributed by atoms with Crippen LogP contribution in [0.2, 0.25) is 0 Å². The molecule has 0 aromatic heterocycles. The van der Waals surface area contributed by atoms with Gasteiger partial charge in [0.15, 0.2) is 0 Å². The number of hydrogen-bond donors (Lipinski definition) is 0. The van der Waals surface area contributed by atoms with E-state index in [-0.39, 0.29) is 6.10 Å². The van der Waals surface area contributed by atoms with Gasteiger partial charge >= 0.3 is 0 Å². The first-order valence-corrected chi connectivity index (χ1v) is 5.05. The van der Waals surface area contributed by atoms with E-state index >= 15 is 0 Å². The SMILES string of the molecule is COc1ccc([C@H]2C[C@H](C)CO2)cc1. The van der Waals surface area contributed by atoms with Crippen LogP contribution in [-0.4, -0.2) is 13.7 Å². The maximum absolute atomic E-state index is 5.68. The fourth-order valence-corrected chi connectivity index (χ4v) is 1.83. The highest BCUT2D eigenvalue weighted by Crippen LogP contribution is 2.32. The second kappa shape index (κ2) is 4.01. The Morgan fingerprint density at radius 2 is 2.00 bits per heavy atom. The quantitative estimate of drug-likeness (QED) is 0.717. The molecule has 2 nitrogen and oxygen atoms in total. The molecule has 0 bridgehead atoms. The minimum absolute atomic E-state index is 0.288. The third kappa shape index (κ3) is 1.90. The van der Waals surface area contributed by atoms with Crippen molar-refractivity contribution < 1.29 is 9.47 Å². The number of methoxy groups -OCH3 is 1. The van der Waals surface area contributed by atoms with Crippen molar-refractivity contribution in [2.45, 2.75) is 19.4 Å². The van der Waals surface area contributed by atoms with Crippen LogP contribution in [0.4, 0.5) is 0 Å². The van der Waals surface area contributed by atoms with Crippen molar-refractivity contribution in [3.05, 3.63) is 29.8 Å². The molecule has 0 aliphatic carbocycles. The van der Waals surface area contributed by atoms with Crippen LogP contribution < -0.4 is 4.74 Å². The van der Waals surface area contributed by atoms with Crippen molar-refractivity contribution in [2.24, 2.45) is 5.92 Å². The van der Waals surface area contributed by atoms with E-state index in [1.165, 1.54) is 5.56 Å². The van der Waals surface area contributed by atoms with Gasteiger partial charge in [0.1, 0.15) is 5.75 Å². The predicted octanol–water partition coefficient (Wildman–Crippen LogP) is 2.79. The molecule has 1 saturated heterocycles. The van der Waals surface area contributed by atoms with E-state index in [9.17, 15) is 0 Å². The largest absolute Gasteiger partial charge is 0.497 e. The van der Waals surface area contributed by atoms with Gasteiger partial charge in [-0.05, 0) is 30.0 Å². The molecule has 1 aromatic carbocycles. The minimum Gasteiger partial charge on any atom is -0.497 e.